The fourth-order valence-electron chi connectivity index (χ4n) is 0. The minimum absolute atomic E-state index is 0. The van der Waals surface area contributed by atoms with Crippen molar-refractivity contribution < 1.29 is 10.2 Å². The Kier molecular flexibility index (Phi) is 20.1. The van der Waals surface area contributed by atoms with E-state index in [2.05, 4.69) is 0 Å². The molecule has 4 heavy (non-hydrogen) atoms. The van der Waals surface area contributed by atoms with Crippen molar-refractivity contribution in [3.05, 3.63) is 0 Å². The molecule has 21 valence electrons. The maximum absolute atomic E-state index is 7.12. The molecule has 2 N–H and O–H groups in total. The molecule has 0 saturated heterocycles. The molecular formula is CH4NaO2. The topological polar surface area (TPSA) is 40.5 Å². The molecular weight excluding hydrogens is 67.0 g/mol. The monoisotopic (exact) mass is 71.0 g/mol. The zero-order valence-corrected chi connectivity index (χ0v) is 4.60. The van der Waals surface area contributed by atoms with Crippen LogP contribution in [0.1, 0.15) is 0 Å². The molecule has 0 aliphatic rings. The third kappa shape index (κ3) is 12.7. The summed E-state index contributed by atoms with van der Waals surface area (Å²) < 4.78 is 0. The first-order valence-corrected chi connectivity index (χ1v) is 0.632. The molecule has 0 rings (SSSR count). The molecule has 0 aromatic heterocycles. The Hall–Kier alpha value is 0.920. The molecule has 0 saturated carbocycles. The van der Waals surface area contributed by atoms with Crippen molar-refractivity contribution in [2.24, 2.45) is 0 Å². The van der Waals surface area contributed by atoms with Crippen LogP contribution < -0.4 is 0 Å². The molecule has 0 fully saturated rings. The van der Waals surface area contributed by atoms with Crippen molar-refractivity contribution in [2.45, 2.75) is 0 Å². The Morgan fingerprint density at radius 1 is 1.25 bits per heavy atom. The van der Waals surface area contributed by atoms with Crippen LogP contribution in [0.3, 0.4) is 0 Å². The van der Waals surface area contributed by atoms with Crippen molar-refractivity contribution >= 4 is 29.6 Å². The van der Waals surface area contributed by atoms with Crippen LogP contribution in [0.15, 0.2) is 0 Å². The molecule has 0 unspecified atom stereocenters. The molecule has 0 heterocycles. The van der Waals surface area contributed by atoms with Gasteiger partial charge in [0.2, 0.25) is 0 Å². The minimum atomic E-state index is -0.750. The van der Waals surface area contributed by atoms with Gasteiger partial charge in [-0.1, -0.05) is 0 Å². The van der Waals surface area contributed by atoms with Gasteiger partial charge < -0.3 is 10.2 Å². The van der Waals surface area contributed by atoms with Gasteiger partial charge in [-0.3, -0.25) is 0 Å². The number of rotatable bonds is 0. The smallest absolute Gasteiger partial charge is 0.140 e. The summed E-state index contributed by atoms with van der Waals surface area (Å²) in [6.45, 7) is -0.750. The van der Waals surface area contributed by atoms with Crippen molar-refractivity contribution in [2.75, 3.05) is 6.79 Å². The molecule has 2 nitrogen and oxygen atoms in total. The molecule has 1 radical (unpaired) electrons. The molecule has 0 aromatic rings. The largest absolute Gasteiger partial charge is 0.371 e. The Balaban J connectivity index is 0. The van der Waals surface area contributed by atoms with Crippen LogP contribution in [-0.4, -0.2) is 46.6 Å². The molecule has 3 heteroatoms. The van der Waals surface area contributed by atoms with Crippen molar-refractivity contribution in [1.82, 2.24) is 0 Å². The van der Waals surface area contributed by atoms with Crippen LogP contribution in [0.5, 0.6) is 0 Å². The fraction of sp³-hybridized carbons (Fsp3) is 1.00. The van der Waals surface area contributed by atoms with E-state index in [-0.39, 0.29) is 29.6 Å². The van der Waals surface area contributed by atoms with Crippen molar-refractivity contribution in [1.29, 1.82) is 0 Å². The van der Waals surface area contributed by atoms with Crippen molar-refractivity contribution in [3.63, 3.8) is 0 Å². The average molecular weight is 71.0 g/mol. The second-order valence-corrected chi connectivity index (χ2v) is 0.141. The van der Waals surface area contributed by atoms with Gasteiger partial charge in [-0.25, -0.2) is 0 Å². The summed E-state index contributed by atoms with van der Waals surface area (Å²) >= 11 is 0. The molecule has 0 aromatic carbocycles. The van der Waals surface area contributed by atoms with Gasteiger partial charge in [0, 0.05) is 29.6 Å². The van der Waals surface area contributed by atoms with Crippen LogP contribution >= 0.6 is 0 Å². The normalized spacial score (nSPS) is 4.50. The van der Waals surface area contributed by atoms with Crippen LogP contribution in [0, 0.1) is 0 Å². The Morgan fingerprint density at radius 3 is 1.25 bits per heavy atom. The number of hydrogen-bond acceptors (Lipinski definition) is 2. The summed E-state index contributed by atoms with van der Waals surface area (Å²) in [5, 5.41) is 14.2. The quantitative estimate of drug-likeness (QED) is 0.271. The number of aliphatic hydroxyl groups excluding tert-OH is 1. The predicted octanol–water partition coefficient (Wildman–Crippen LogP) is -1.45. The first-order valence-electron chi connectivity index (χ1n) is 0.632. The number of aliphatic hydroxyl groups is 2. The van der Waals surface area contributed by atoms with E-state index in [1.807, 2.05) is 0 Å². The Labute approximate surface area is 46.7 Å². The van der Waals surface area contributed by atoms with Crippen molar-refractivity contribution in [3.8, 4) is 0 Å². The minimum Gasteiger partial charge on any atom is -0.371 e. The number of hydrogen-bond donors (Lipinski definition) is 2. The van der Waals surface area contributed by atoms with Gasteiger partial charge in [-0.05, 0) is 0 Å². The maximum atomic E-state index is 7.12. The third-order valence-corrected chi connectivity index (χ3v) is 0. The van der Waals surface area contributed by atoms with Crippen LogP contribution in [0.2, 0.25) is 0 Å². The van der Waals surface area contributed by atoms with Gasteiger partial charge in [-0.15, -0.1) is 0 Å². The summed E-state index contributed by atoms with van der Waals surface area (Å²) in [7, 11) is 0. The van der Waals surface area contributed by atoms with Gasteiger partial charge >= 0.3 is 0 Å². The summed E-state index contributed by atoms with van der Waals surface area (Å²) in [6, 6.07) is 0. The van der Waals surface area contributed by atoms with Crippen LogP contribution in [0.25, 0.3) is 0 Å². The molecule has 0 atom stereocenters. The Morgan fingerprint density at radius 2 is 1.25 bits per heavy atom. The fourth-order valence-corrected chi connectivity index (χ4v) is 0. The molecule has 0 bridgehead atoms. The van der Waals surface area contributed by atoms with Gasteiger partial charge in [0.15, 0.2) is 0 Å². The summed E-state index contributed by atoms with van der Waals surface area (Å²) in [4.78, 5) is 0. The van der Waals surface area contributed by atoms with Gasteiger partial charge in [0.1, 0.15) is 6.79 Å². The summed E-state index contributed by atoms with van der Waals surface area (Å²) in [6.07, 6.45) is 0. The maximum Gasteiger partial charge on any atom is 0.140 e. The summed E-state index contributed by atoms with van der Waals surface area (Å²) in [5.41, 5.74) is 0. The standard InChI is InChI=1S/CH4O2.Na/c2-1-3;/h2-3H,1H2;. The van der Waals surface area contributed by atoms with Gasteiger partial charge in [0.25, 0.3) is 0 Å². The molecule has 0 amide bonds. The zero-order valence-electron chi connectivity index (χ0n) is 2.60. The third-order valence-electron chi connectivity index (χ3n) is 0. The van der Waals surface area contributed by atoms with E-state index >= 15 is 0 Å². The SMILES string of the molecule is OCO.[Na]. The van der Waals surface area contributed by atoms with E-state index in [1.165, 1.54) is 0 Å². The first kappa shape index (κ1) is 8.87. The van der Waals surface area contributed by atoms with Gasteiger partial charge in [0.05, 0.1) is 0 Å². The van der Waals surface area contributed by atoms with E-state index in [4.69, 9.17) is 10.2 Å². The zero-order chi connectivity index (χ0) is 2.71. The molecule has 0 spiro atoms. The molecule has 0 aliphatic carbocycles. The van der Waals surface area contributed by atoms with E-state index in [0.717, 1.165) is 0 Å². The average Bonchev–Trinajstić information content (AvgIpc) is 0.918. The van der Waals surface area contributed by atoms with Crippen LogP contribution in [0.4, 0.5) is 0 Å². The Bertz CT molecular complexity index is 6.00. The van der Waals surface area contributed by atoms with E-state index in [0.29, 0.717) is 0 Å². The first-order chi connectivity index (χ1) is 1.41. The second kappa shape index (κ2) is 9.07. The van der Waals surface area contributed by atoms with Gasteiger partial charge in [-0.2, -0.15) is 0 Å². The van der Waals surface area contributed by atoms with E-state index in [1.54, 1.807) is 0 Å². The van der Waals surface area contributed by atoms with Crippen LogP contribution in [-0.2, 0) is 0 Å². The summed E-state index contributed by atoms with van der Waals surface area (Å²) in [5.74, 6) is 0. The molecule has 0 aliphatic heterocycles. The van der Waals surface area contributed by atoms with E-state index in [9.17, 15) is 0 Å². The van der Waals surface area contributed by atoms with E-state index < -0.39 is 6.79 Å². The second-order valence-electron chi connectivity index (χ2n) is 0.141. The predicted molar refractivity (Wildman–Crippen MR) is 15.1 cm³/mol.